The van der Waals surface area contributed by atoms with E-state index in [-0.39, 0.29) is 5.02 Å². The molecule has 6 nitrogen and oxygen atoms in total. The second-order valence-corrected chi connectivity index (χ2v) is 7.26. The summed E-state index contributed by atoms with van der Waals surface area (Å²) < 4.78 is 13.5. The first-order valence-corrected chi connectivity index (χ1v) is 9.07. The summed E-state index contributed by atoms with van der Waals surface area (Å²) in [5.41, 5.74) is 3.41. The Labute approximate surface area is 159 Å². The van der Waals surface area contributed by atoms with E-state index in [0.29, 0.717) is 11.4 Å². The van der Waals surface area contributed by atoms with Gasteiger partial charge in [-0.1, -0.05) is 22.9 Å². The molecule has 1 aliphatic carbocycles. The third kappa shape index (κ3) is 2.38. The zero-order valence-corrected chi connectivity index (χ0v) is 14.9. The number of fused-ring (bicyclic) bond motifs is 2. The first kappa shape index (κ1) is 16.4. The summed E-state index contributed by atoms with van der Waals surface area (Å²) >= 11 is 5.84. The molecule has 2 heterocycles. The molecule has 0 bridgehead atoms. The molecule has 0 radical (unpaired) electrons. The topological polar surface area (TPSA) is 65.3 Å². The standard InChI is InChI=1S/C19H14ClFN4O2/c20-14-9-13(6-7-15(14)21)25-17-16(22-23-25)18(26)24(19(17)27)12-5-4-10-2-1-3-11(10)8-12/h4-9,16-17H,1-3H2/t16-,17+/m0/s1. The highest BCUT2D eigenvalue weighted by Gasteiger charge is 2.55. The number of nitrogens with zero attached hydrogens (tertiary/aromatic N) is 4. The van der Waals surface area contributed by atoms with Gasteiger partial charge in [-0.3, -0.25) is 9.59 Å². The van der Waals surface area contributed by atoms with Gasteiger partial charge in [-0.15, -0.1) is 0 Å². The normalized spacial score (nSPS) is 23.3. The molecule has 1 fully saturated rings. The van der Waals surface area contributed by atoms with Crippen LogP contribution in [0, 0.1) is 5.82 Å². The van der Waals surface area contributed by atoms with E-state index in [1.807, 2.05) is 12.1 Å². The molecule has 2 aromatic carbocycles. The van der Waals surface area contributed by atoms with Gasteiger partial charge in [0, 0.05) is 0 Å². The smallest absolute Gasteiger partial charge is 0.263 e. The van der Waals surface area contributed by atoms with Gasteiger partial charge in [0.1, 0.15) is 5.82 Å². The highest BCUT2D eigenvalue weighted by atomic mass is 35.5. The van der Waals surface area contributed by atoms with E-state index < -0.39 is 29.7 Å². The van der Waals surface area contributed by atoms with Gasteiger partial charge in [0.15, 0.2) is 12.1 Å². The van der Waals surface area contributed by atoms with Gasteiger partial charge in [-0.05, 0) is 60.7 Å². The SMILES string of the molecule is O=C1[C@H]2N=NN(c3ccc(F)c(Cl)c3)[C@H]2C(=O)N1c1ccc2c(c1)CCC2. The quantitative estimate of drug-likeness (QED) is 0.745. The lowest BCUT2D eigenvalue weighted by atomic mass is 10.1. The Balaban J connectivity index is 1.50. The minimum Gasteiger partial charge on any atom is -0.271 e. The molecule has 0 aromatic heterocycles. The molecule has 0 unspecified atom stereocenters. The third-order valence-electron chi connectivity index (χ3n) is 5.29. The number of aryl methyl sites for hydroxylation is 2. The van der Waals surface area contributed by atoms with Crippen LogP contribution in [0.5, 0.6) is 0 Å². The number of benzene rings is 2. The molecule has 0 spiro atoms. The Morgan fingerprint density at radius 2 is 1.78 bits per heavy atom. The molecule has 0 saturated carbocycles. The predicted molar refractivity (Wildman–Crippen MR) is 97.3 cm³/mol. The van der Waals surface area contributed by atoms with Crippen molar-refractivity contribution in [3.63, 3.8) is 0 Å². The minimum atomic E-state index is -0.908. The lowest BCUT2D eigenvalue weighted by Gasteiger charge is -2.21. The molecule has 2 aromatic rings. The largest absolute Gasteiger partial charge is 0.271 e. The van der Waals surface area contributed by atoms with Crippen molar-refractivity contribution in [1.29, 1.82) is 0 Å². The second kappa shape index (κ2) is 5.85. The van der Waals surface area contributed by atoms with E-state index in [2.05, 4.69) is 10.3 Å². The van der Waals surface area contributed by atoms with Crippen LogP contribution in [0.1, 0.15) is 17.5 Å². The van der Waals surface area contributed by atoms with Gasteiger partial charge in [-0.25, -0.2) is 14.3 Å². The summed E-state index contributed by atoms with van der Waals surface area (Å²) in [7, 11) is 0. The van der Waals surface area contributed by atoms with Gasteiger partial charge in [0.25, 0.3) is 11.8 Å². The number of imide groups is 1. The Morgan fingerprint density at radius 1 is 1.00 bits per heavy atom. The number of carbonyl (C=O) groups is 2. The maximum Gasteiger partial charge on any atom is 0.263 e. The minimum absolute atomic E-state index is 0.0848. The van der Waals surface area contributed by atoms with E-state index >= 15 is 0 Å². The summed E-state index contributed by atoms with van der Waals surface area (Å²) in [6.45, 7) is 0. The number of rotatable bonds is 2. The van der Waals surface area contributed by atoms with Crippen LogP contribution < -0.4 is 9.91 Å². The summed E-state index contributed by atoms with van der Waals surface area (Å²) in [6.07, 6.45) is 3.06. The maximum atomic E-state index is 13.5. The number of carbonyl (C=O) groups excluding carboxylic acids is 2. The molecule has 27 heavy (non-hydrogen) atoms. The Kier molecular flexibility index (Phi) is 3.55. The van der Waals surface area contributed by atoms with Gasteiger partial charge in [0.05, 0.1) is 16.4 Å². The molecule has 5 rings (SSSR count). The summed E-state index contributed by atoms with van der Waals surface area (Å²) in [4.78, 5) is 27.1. The molecule has 8 heteroatoms. The summed E-state index contributed by atoms with van der Waals surface area (Å²) in [6, 6.07) is 7.92. The van der Waals surface area contributed by atoms with Crippen molar-refractivity contribution in [3.05, 3.63) is 58.4 Å². The number of hydrogen-bond acceptors (Lipinski definition) is 5. The fraction of sp³-hybridized carbons (Fsp3) is 0.263. The Bertz CT molecular complexity index is 1020. The van der Waals surface area contributed by atoms with Crippen LogP contribution in [0.4, 0.5) is 15.8 Å². The Hall–Kier alpha value is -2.80. The van der Waals surface area contributed by atoms with Crippen LogP contribution in [0.25, 0.3) is 0 Å². The molecule has 2 atom stereocenters. The number of halogens is 2. The molecule has 2 aliphatic heterocycles. The first-order chi connectivity index (χ1) is 13.0. The van der Waals surface area contributed by atoms with E-state index in [1.54, 1.807) is 6.07 Å². The number of amides is 2. The van der Waals surface area contributed by atoms with Crippen LogP contribution in [0.2, 0.25) is 5.02 Å². The van der Waals surface area contributed by atoms with Crippen molar-refractivity contribution in [1.82, 2.24) is 0 Å². The predicted octanol–water partition coefficient (Wildman–Crippen LogP) is 3.47. The molecular formula is C19H14ClFN4O2. The molecular weight excluding hydrogens is 371 g/mol. The highest BCUT2D eigenvalue weighted by molar-refractivity contribution is 6.31. The average molecular weight is 385 g/mol. The van der Waals surface area contributed by atoms with E-state index in [9.17, 15) is 14.0 Å². The molecule has 136 valence electrons. The van der Waals surface area contributed by atoms with Crippen LogP contribution >= 0.6 is 11.6 Å². The highest BCUT2D eigenvalue weighted by Crippen LogP contribution is 2.37. The first-order valence-electron chi connectivity index (χ1n) is 8.69. The fourth-order valence-electron chi connectivity index (χ4n) is 3.95. The van der Waals surface area contributed by atoms with Crippen LogP contribution in [0.3, 0.4) is 0 Å². The number of hydrogen-bond donors (Lipinski definition) is 0. The summed E-state index contributed by atoms with van der Waals surface area (Å²) in [5, 5.41) is 9.20. The zero-order valence-electron chi connectivity index (χ0n) is 14.1. The van der Waals surface area contributed by atoms with Crippen molar-refractivity contribution < 1.29 is 14.0 Å². The fourth-order valence-corrected chi connectivity index (χ4v) is 4.13. The van der Waals surface area contributed by atoms with Crippen molar-refractivity contribution >= 4 is 34.8 Å². The van der Waals surface area contributed by atoms with Gasteiger partial charge < -0.3 is 0 Å². The maximum absolute atomic E-state index is 13.5. The zero-order chi connectivity index (χ0) is 18.7. The molecule has 0 N–H and O–H groups in total. The molecule has 3 aliphatic rings. The van der Waals surface area contributed by atoms with Crippen molar-refractivity contribution in [2.24, 2.45) is 10.3 Å². The summed E-state index contributed by atoms with van der Waals surface area (Å²) in [5.74, 6) is -1.36. The van der Waals surface area contributed by atoms with Gasteiger partial charge >= 0.3 is 0 Å². The lowest BCUT2D eigenvalue weighted by Crippen LogP contribution is -2.40. The lowest BCUT2D eigenvalue weighted by molar-refractivity contribution is -0.121. The van der Waals surface area contributed by atoms with E-state index in [4.69, 9.17) is 11.6 Å². The molecule has 1 saturated heterocycles. The average Bonchev–Trinajstić information content (AvgIpc) is 3.34. The Morgan fingerprint density at radius 3 is 2.59 bits per heavy atom. The monoisotopic (exact) mass is 384 g/mol. The van der Waals surface area contributed by atoms with Crippen molar-refractivity contribution in [2.75, 3.05) is 9.91 Å². The van der Waals surface area contributed by atoms with Crippen molar-refractivity contribution in [2.45, 2.75) is 31.3 Å². The van der Waals surface area contributed by atoms with Gasteiger partial charge in [0.2, 0.25) is 0 Å². The van der Waals surface area contributed by atoms with Crippen LogP contribution in [0.15, 0.2) is 46.7 Å². The third-order valence-corrected chi connectivity index (χ3v) is 5.58. The van der Waals surface area contributed by atoms with Crippen LogP contribution in [-0.2, 0) is 22.4 Å². The number of anilines is 2. The van der Waals surface area contributed by atoms with Crippen molar-refractivity contribution in [3.8, 4) is 0 Å². The van der Waals surface area contributed by atoms with E-state index in [0.717, 1.165) is 19.3 Å². The second-order valence-electron chi connectivity index (χ2n) is 6.86. The van der Waals surface area contributed by atoms with E-state index in [1.165, 1.54) is 39.2 Å². The molecule has 2 amide bonds. The van der Waals surface area contributed by atoms with Crippen LogP contribution in [-0.4, -0.2) is 23.9 Å². The van der Waals surface area contributed by atoms with Gasteiger partial charge in [-0.2, -0.15) is 5.11 Å².